The normalized spacial score (nSPS) is 23.6. The van der Waals surface area contributed by atoms with Crippen molar-refractivity contribution in [2.45, 2.75) is 12.2 Å². The number of hydrogen-bond acceptors (Lipinski definition) is 6. The Bertz CT molecular complexity index is 305. The molecule has 0 aliphatic carbocycles. The van der Waals surface area contributed by atoms with Gasteiger partial charge in [-0.25, -0.2) is 9.59 Å². The zero-order chi connectivity index (χ0) is 10.9. The van der Waals surface area contributed by atoms with Crippen molar-refractivity contribution < 1.29 is 34.8 Å². The van der Waals surface area contributed by atoms with Crippen LogP contribution in [0.1, 0.15) is 0 Å². The number of ether oxygens (including phenoxy) is 1. The lowest BCUT2D eigenvalue weighted by Crippen LogP contribution is -2.33. The highest BCUT2D eigenvalue weighted by molar-refractivity contribution is 6.02. The van der Waals surface area contributed by atoms with Crippen molar-refractivity contribution in [3.05, 3.63) is 11.3 Å². The Morgan fingerprint density at radius 3 is 2.57 bits per heavy atom. The maximum Gasteiger partial charge on any atom is 0.374 e. The van der Waals surface area contributed by atoms with E-state index in [9.17, 15) is 9.59 Å². The molecule has 1 aliphatic heterocycles. The first-order valence-electron chi connectivity index (χ1n) is 3.65. The molecule has 2 atom stereocenters. The fourth-order valence-corrected chi connectivity index (χ4v) is 1.06. The van der Waals surface area contributed by atoms with Crippen LogP contribution < -0.4 is 0 Å². The molecule has 0 aromatic heterocycles. The van der Waals surface area contributed by atoms with Crippen LogP contribution in [0.4, 0.5) is 0 Å². The molecule has 0 fully saturated rings. The van der Waals surface area contributed by atoms with E-state index < -0.39 is 42.1 Å². The molecule has 0 radical (unpaired) electrons. The van der Waals surface area contributed by atoms with Crippen LogP contribution in [0.15, 0.2) is 11.3 Å². The van der Waals surface area contributed by atoms with Crippen molar-refractivity contribution in [3.8, 4) is 0 Å². The number of rotatable bonds is 3. The van der Waals surface area contributed by atoms with Gasteiger partial charge in [0.2, 0.25) is 5.76 Å². The van der Waals surface area contributed by atoms with E-state index in [4.69, 9.17) is 20.4 Å². The van der Waals surface area contributed by atoms with Gasteiger partial charge in [-0.1, -0.05) is 0 Å². The molecule has 1 rings (SSSR count). The maximum absolute atomic E-state index is 10.7. The Labute approximate surface area is 77.8 Å². The summed E-state index contributed by atoms with van der Waals surface area (Å²) in [5, 5.41) is 35.2. The van der Waals surface area contributed by atoms with Crippen LogP contribution in [0.2, 0.25) is 0 Å². The molecule has 0 aromatic rings. The van der Waals surface area contributed by atoms with Crippen LogP contribution in [0.3, 0.4) is 0 Å². The van der Waals surface area contributed by atoms with Gasteiger partial charge in [-0.3, -0.25) is 0 Å². The van der Waals surface area contributed by atoms with E-state index in [1.165, 1.54) is 0 Å². The minimum absolute atomic E-state index is 0.739. The molecule has 0 aromatic carbocycles. The highest BCUT2D eigenvalue weighted by Gasteiger charge is 2.42. The van der Waals surface area contributed by atoms with Crippen LogP contribution in [0.5, 0.6) is 0 Å². The summed E-state index contributed by atoms with van der Waals surface area (Å²) in [6.07, 6.45) is -3.08. The number of carbonyl (C=O) groups is 2. The average molecular weight is 204 g/mol. The first-order chi connectivity index (χ1) is 6.49. The van der Waals surface area contributed by atoms with Crippen LogP contribution in [0.25, 0.3) is 0 Å². The largest absolute Gasteiger partial charge is 0.501 e. The number of aliphatic hydroxyl groups excluding tert-OH is 3. The second-order valence-electron chi connectivity index (χ2n) is 2.64. The number of aliphatic carboxylic acids is 1. The second kappa shape index (κ2) is 3.64. The molecule has 1 unspecified atom stereocenters. The van der Waals surface area contributed by atoms with Crippen LogP contribution >= 0.6 is 0 Å². The van der Waals surface area contributed by atoms with Gasteiger partial charge in [0.25, 0.3) is 0 Å². The lowest BCUT2D eigenvalue weighted by Gasteiger charge is -2.15. The number of carboxylic acid groups (broad SMARTS) is 1. The van der Waals surface area contributed by atoms with Crippen molar-refractivity contribution >= 4 is 11.9 Å². The fraction of sp³-hybridized carbons (Fsp3) is 0.429. The monoisotopic (exact) mass is 204 g/mol. The third-order valence-corrected chi connectivity index (χ3v) is 1.73. The molecule has 0 amide bonds. The van der Waals surface area contributed by atoms with Gasteiger partial charge in [0, 0.05) is 0 Å². The molecule has 7 nitrogen and oxygen atoms in total. The summed E-state index contributed by atoms with van der Waals surface area (Å²) in [7, 11) is 0. The summed E-state index contributed by atoms with van der Waals surface area (Å²) in [6.45, 7) is -0.776. The first-order valence-corrected chi connectivity index (χ1v) is 3.65. The standard InChI is InChI=1S/C7H8O7/c8-1-2(9)5-3(6(11)12)4(10)7(13)14-5/h2,5,8-10H,1H2,(H,11,12)/t2?,5-/m0/s1. The molecule has 78 valence electrons. The predicted molar refractivity (Wildman–Crippen MR) is 40.3 cm³/mol. The highest BCUT2D eigenvalue weighted by Crippen LogP contribution is 2.23. The number of aliphatic hydroxyl groups is 3. The molecule has 1 heterocycles. The van der Waals surface area contributed by atoms with Gasteiger partial charge in [-0.05, 0) is 0 Å². The van der Waals surface area contributed by atoms with E-state index in [0.717, 1.165) is 0 Å². The fourth-order valence-electron chi connectivity index (χ4n) is 1.06. The summed E-state index contributed by atoms with van der Waals surface area (Å²) in [5.41, 5.74) is -0.739. The summed E-state index contributed by atoms with van der Waals surface area (Å²) in [6, 6.07) is 0. The predicted octanol–water partition coefficient (Wildman–Crippen LogP) is -1.84. The first kappa shape index (κ1) is 10.5. The Balaban J connectivity index is 3.02. The van der Waals surface area contributed by atoms with E-state index in [0.29, 0.717) is 0 Å². The second-order valence-corrected chi connectivity index (χ2v) is 2.64. The molecule has 4 N–H and O–H groups in total. The lowest BCUT2D eigenvalue weighted by molar-refractivity contribution is -0.147. The lowest BCUT2D eigenvalue weighted by atomic mass is 10.1. The SMILES string of the molecule is O=C(O)C1=C(O)C(=O)O[C@H]1C(O)CO. The Hall–Kier alpha value is -1.60. The molecule has 1 aliphatic rings. The van der Waals surface area contributed by atoms with Gasteiger partial charge in [0.05, 0.1) is 6.61 Å². The van der Waals surface area contributed by atoms with E-state index in [2.05, 4.69) is 4.74 Å². The van der Waals surface area contributed by atoms with Gasteiger partial charge in [-0.15, -0.1) is 0 Å². The molecule has 7 heteroatoms. The molecule has 0 saturated heterocycles. The minimum atomic E-state index is -1.58. The van der Waals surface area contributed by atoms with Crippen molar-refractivity contribution in [2.75, 3.05) is 6.61 Å². The zero-order valence-corrected chi connectivity index (χ0v) is 6.88. The van der Waals surface area contributed by atoms with Crippen LogP contribution in [-0.2, 0) is 14.3 Å². The van der Waals surface area contributed by atoms with Crippen molar-refractivity contribution in [1.82, 2.24) is 0 Å². The highest BCUT2D eigenvalue weighted by atomic mass is 16.6. The number of carboxylic acids is 1. The summed E-state index contributed by atoms with van der Waals surface area (Å²) >= 11 is 0. The van der Waals surface area contributed by atoms with Crippen molar-refractivity contribution in [2.24, 2.45) is 0 Å². The number of carbonyl (C=O) groups excluding carboxylic acids is 1. The maximum atomic E-state index is 10.7. The van der Waals surface area contributed by atoms with Gasteiger partial charge in [0.15, 0.2) is 6.10 Å². The topological polar surface area (TPSA) is 124 Å². The smallest absolute Gasteiger partial charge is 0.374 e. The number of esters is 1. The van der Waals surface area contributed by atoms with Gasteiger partial charge >= 0.3 is 11.9 Å². The van der Waals surface area contributed by atoms with Crippen LogP contribution in [-0.4, -0.2) is 51.2 Å². The van der Waals surface area contributed by atoms with Crippen molar-refractivity contribution in [3.63, 3.8) is 0 Å². The van der Waals surface area contributed by atoms with E-state index in [1.54, 1.807) is 0 Å². The Kier molecular flexibility index (Phi) is 2.73. The van der Waals surface area contributed by atoms with Crippen LogP contribution in [0, 0.1) is 0 Å². The van der Waals surface area contributed by atoms with E-state index >= 15 is 0 Å². The molecule has 0 saturated carbocycles. The molecular weight excluding hydrogens is 196 g/mol. The third-order valence-electron chi connectivity index (χ3n) is 1.73. The van der Waals surface area contributed by atoms with E-state index in [1.807, 2.05) is 0 Å². The zero-order valence-electron chi connectivity index (χ0n) is 6.88. The Morgan fingerprint density at radius 2 is 2.14 bits per heavy atom. The van der Waals surface area contributed by atoms with Gasteiger partial charge < -0.3 is 25.2 Å². The third kappa shape index (κ3) is 1.54. The molecular formula is C7H8O7. The number of cyclic esters (lactones) is 1. The number of hydrogen-bond donors (Lipinski definition) is 4. The summed E-state index contributed by atoms with van der Waals surface area (Å²) < 4.78 is 4.35. The summed E-state index contributed by atoms with van der Waals surface area (Å²) in [4.78, 5) is 21.3. The van der Waals surface area contributed by atoms with Crippen molar-refractivity contribution in [1.29, 1.82) is 0 Å². The average Bonchev–Trinajstić information content (AvgIpc) is 2.42. The summed E-state index contributed by atoms with van der Waals surface area (Å²) in [5.74, 6) is -3.85. The Morgan fingerprint density at radius 1 is 1.57 bits per heavy atom. The molecule has 0 spiro atoms. The van der Waals surface area contributed by atoms with Gasteiger partial charge in [-0.2, -0.15) is 0 Å². The molecule has 0 bridgehead atoms. The van der Waals surface area contributed by atoms with E-state index in [-0.39, 0.29) is 0 Å². The quantitative estimate of drug-likeness (QED) is 0.398. The van der Waals surface area contributed by atoms with Gasteiger partial charge in [0.1, 0.15) is 11.7 Å². The molecule has 14 heavy (non-hydrogen) atoms. The minimum Gasteiger partial charge on any atom is -0.501 e.